The molecule has 0 heterocycles. The normalized spacial score (nSPS) is 12.2. The van der Waals surface area contributed by atoms with Crippen LogP contribution < -0.4 is 0 Å². The van der Waals surface area contributed by atoms with E-state index in [9.17, 15) is 4.79 Å². The zero-order valence-corrected chi connectivity index (χ0v) is 26.8. The van der Waals surface area contributed by atoms with E-state index in [0.29, 0.717) is 6.61 Å². The molecule has 2 nitrogen and oxygen atoms in total. The van der Waals surface area contributed by atoms with Crippen LogP contribution in [0.3, 0.4) is 0 Å². The summed E-state index contributed by atoms with van der Waals surface area (Å²) in [4.78, 5) is 12.8. The van der Waals surface area contributed by atoms with Crippen LogP contribution in [0.1, 0.15) is 213 Å². The van der Waals surface area contributed by atoms with Crippen molar-refractivity contribution in [2.24, 2.45) is 5.92 Å². The monoisotopic (exact) mass is 537 g/mol. The fourth-order valence-electron chi connectivity index (χ4n) is 5.66. The molecule has 0 bridgehead atoms. The molecule has 228 valence electrons. The van der Waals surface area contributed by atoms with Crippen molar-refractivity contribution in [2.45, 2.75) is 213 Å². The van der Waals surface area contributed by atoms with Gasteiger partial charge >= 0.3 is 5.97 Å². The third kappa shape index (κ3) is 28.5. The number of ether oxygens (including phenoxy) is 1. The van der Waals surface area contributed by atoms with Gasteiger partial charge in [-0.2, -0.15) is 0 Å². The van der Waals surface area contributed by atoms with Crippen LogP contribution in [-0.2, 0) is 9.53 Å². The van der Waals surface area contributed by atoms with Crippen LogP contribution in [0.25, 0.3) is 0 Å². The molecule has 0 saturated heterocycles. The largest absolute Gasteiger partial charge is 0.465 e. The Hall–Kier alpha value is -0.530. The maximum atomic E-state index is 12.8. The number of hydrogen-bond acceptors (Lipinski definition) is 2. The molecule has 0 aromatic rings. The van der Waals surface area contributed by atoms with E-state index in [4.69, 9.17) is 4.74 Å². The number of hydrogen-bond donors (Lipinski definition) is 0. The molecule has 0 fully saturated rings. The van der Waals surface area contributed by atoms with Crippen molar-refractivity contribution in [2.75, 3.05) is 6.61 Å². The van der Waals surface area contributed by atoms with Crippen molar-refractivity contribution in [1.29, 1.82) is 0 Å². The zero-order chi connectivity index (χ0) is 27.8. The molecule has 0 radical (unpaired) electrons. The smallest absolute Gasteiger partial charge is 0.308 e. The van der Waals surface area contributed by atoms with Crippen LogP contribution in [0.15, 0.2) is 0 Å². The summed E-state index contributed by atoms with van der Waals surface area (Å²) in [5.74, 6) is 0.252. The highest BCUT2D eigenvalue weighted by Crippen LogP contribution is 2.21. The summed E-state index contributed by atoms with van der Waals surface area (Å²) in [6.45, 7) is 7.47. The summed E-state index contributed by atoms with van der Waals surface area (Å²) in [6.07, 6.45) is 39.7. The lowest BCUT2D eigenvalue weighted by Crippen LogP contribution is -2.18. The lowest BCUT2D eigenvalue weighted by Gasteiger charge is -2.16. The van der Waals surface area contributed by atoms with Gasteiger partial charge in [0.25, 0.3) is 0 Å². The lowest BCUT2D eigenvalue weighted by molar-refractivity contribution is -0.149. The molecule has 0 spiro atoms. The van der Waals surface area contributed by atoms with Crippen LogP contribution in [-0.4, -0.2) is 12.6 Å². The Morgan fingerprint density at radius 3 is 0.974 bits per heavy atom. The Kier molecular flexibility index (Phi) is 32.2. The van der Waals surface area contributed by atoms with Crippen LogP contribution in [0.4, 0.5) is 0 Å². The molecule has 1 unspecified atom stereocenters. The Bertz CT molecular complexity index is 447. The van der Waals surface area contributed by atoms with Crippen molar-refractivity contribution >= 4 is 5.97 Å². The Labute approximate surface area is 241 Å². The maximum absolute atomic E-state index is 12.8. The molecule has 0 aliphatic heterocycles. The quantitative estimate of drug-likeness (QED) is 0.0631. The number of unbranched alkanes of at least 4 members (excludes halogenated alkanes) is 25. The van der Waals surface area contributed by atoms with Gasteiger partial charge in [0.05, 0.1) is 12.5 Å². The van der Waals surface area contributed by atoms with Gasteiger partial charge in [-0.05, 0) is 19.3 Å². The third-order valence-electron chi connectivity index (χ3n) is 8.39. The van der Waals surface area contributed by atoms with Crippen LogP contribution in [0, 0.1) is 5.92 Å². The molecular formula is C36H72O2. The zero-order valence-electron chi connectivity index (χ0n) is 26.8. The van der Waals surface area contributed by atoms with E-state index in [1.165, 1.54) is 173 Å². The lowest BCUT2D eigenvalue weighted by atomic mass is 9.94. The van der Waals surface area contributed by atoms with Crippen LogP contribution in [0.2, 0.25) is 0 Å². The number of carbonyl (C=O) groups is 1. The average molecular weight is 537 g/mol. The van der Waals surface area contributed by atoms with E-state index in [0.717, 1.165) is 19.3 Å². The fourth-order valence-corrected chi connectivity index (χ4v) is 5.66. The summed E-state index contributed by atoms with van der Waals surface area (Å²) in [5, 5.41) is 0. The van der Waals surface area contributed by atoms with Crippen molar-refractivity contribution in [3.8, 4) is 0 Å². The molecule has 0 N–H and O–H groups in total. The van der Waals surface area contributed by atoms with Crippen molar-refractivity contribution in [1.82, 2.24) is 0 Å². The Balaban J connectivity index is 3.87. The van der Waals surface area contributed by atoms with E-state index < -0.39 is 0 Å². The van der Waals surface area contributed by atoms with Gasteiger partial charge in [-0.1, -0.05) is 194 Å². The number of rotatable bonds is 32. The van der Waals surface area contributed by atoms with Gasteiger partial charge in [0, 0.05) is 0 Å². The average Bonchev–Trinajstić information content (AvgIpc) is 2.92. The standard InChI is InChI=1S/C36H72O2/c1-4-7-10-13-15-17-18-19-20-21-22-24-27-30-33-35(32-29-26-12-9-6-3)36(37)38-34-31-28-25-23-16-14-11-8-5-2/h35H,4-34H2,1-3H3. The minimum Gasteiger partial charge on any atom is -0.465 e. The first-order chi connectivity index (χ1) is 18.8. The second-order valence-corrected chi connectivity index (χ2v) is 12.3. The summed E-state index contributed by atoms with van der Waals surface area (Å²) in [5.41, 5.74) is 0. The molecule has 0 rings (SSSR count). The van der Waals surface area contributed by atoms with Gasteiger partial charge < -0.3 is 4.74 Å². The molecule has 0 aliphatic carbocycles. The second kappa shape index (κ2) is 32.7. The van der Waals surface area contributed by atoms with Gasteiger partial charge in [-0.3, -0.25) is 4.79 Å². The summed E-state index contributed by atoms with van der Waals surface area (Å²) < 4.78 is 5.77. The topological polar surface area (TPSA) is 26.3 Å². The fraction of sp³-hybridized carbons (Fsp3) is 0.972. The molecule has 0 saturated carbocycles. The van der Waals surface area contributed by atoms with Gasteiger partial charge in [0.2, 0.25) is 0 Å². The van der Waals surface area contributed by atoms with E-state index >= 15 is 0 Å². The first-order valence-corrected chi connectivity index (χ1v) is 17.9. The SMILES string of the molecule is CCCCCCCCCCCCCCCCC(CCCCCCC)C(=O)OCCCCCCCCCCC. The van der Waals surface area contributed by atoms with Gasteiger partial charge in [-0.25, -0.2) is 0 Å². The van der Waals surface area contributed by atoms with Crippen molar-refractivity contribution < 1.29 is 9.53 Å². The summed E-state index contributed by atoms with van der Waals surface area (Å²) in [7, 11) is 0. The van der Waals surface area contributed by atoms with Gasteiger partial charge in [0.15, 0.2) is 0 Å². The number of carbonyl (C=O) groups excluding carboxylic acids is 1. The summed E-state index contributed by atoms with van der Waals surface area (Å²) in [6, 6.07) is 0. The molecule has 1 atom stereocenters. The summed E-state index contributed by atoms with van der Waals surface area (Å²) >= 11 is 0. The highest BCUT2D eigenvalue weighted by Gasteiger charge is 2.19. The van der Waals surface area contributed by atoms with Crippen molar-refractivity contribution in [3.05, 3.63) is 0 Å². The van der Waals surface area contributed by atoms with E-state index in [2.05, 4.69) is 20.8 Å². The predicted molar refractivity (Wildman–Crippen MR) is 170 cm³/mol. The van der Waals surface area contributed by atoms with E-state index in [1.54, 1.807) is 0 Å². The second-order valence-electron chi connectivity index (χ2n) is 12.3. The van der Waals surface area contributed by atoms with Gasteiger partial charge in [-0.15, -0.1) is 0 Å². The molecule has 0 aromatic carbocycles. The minimum absolute atomic E-state index is 0.106. The molecular weight excluding hydrogens is 464 g/mol. The first-order valence-electron chi connectivity index (χ1n) is 17.9. The molecule has 0 aromatic heterocycles. The van der Waals surface area contributed by atoms with Gasteiger partial charge in [0.1, 0.15) is 0 Å². The van der Waals surface area contributed by atoms with Crippen molar-refractivity contribution in [3.63, 3.8) is 0 Å². The van der Waals surface area contributed by atoms with E-state index in [1.807, 2.05) is 0 Å². The number of esters is 1. The molecule has 0 amide bonds. The Morgan fingerprint density at radius 2 is 0.658 bits per heavy atom. The predicted octanol–water partition coefficient (Wildman–Crippen LogP) is 12.9. The van der Waals surface area contributed by atoms with Crippen LogP contribution >= 0.6 is 0 Å². The van der Waals surface area contributed by atoms with Crippen LogP contribution in [0.5, 0.6) is 0 Å². The highest BCUT2D eigenvalue weighted by molar-refractivity contribution is 5.72. The molecule has 0 aliphatic rings. The third-order valence-corrected chi connectivity index (χ3v) is 8.39. The molecule has 2 heteroatoms. The van der Waals surface area contributed by atoms with E-state index in [-0.39, 0.29) is 11.9 Å². The Morgan fingerprint density at radius 1 is 0.395 bits per heavy atom. The maximum Gasteiger partial charge on any atom is 0.308 e. The molecule has 38 heavy (non-hydrogen) atoms. The first kappa shape index (κ1) is 37.5. The minimum atomic E-state index is 0.106. The highest BCUT2D eigenvalue weighted by atomic mass is 16.5.